The van der Waals surface area contributed by atoms with Crippen LogP contribution in [-0.4, -0.2) is 50.4 Å². The van der Waals surface area contributed by atoms with Crippen LogP contribution in [0.15, 0.2) is 60.9 Å². The number of anilines is 1. The Kier molecular flexibility index (Phi) is 7.13. The molecule has 0 saturated carbocycles. The van der Waals surface area contributed by atoms with Gasteiger partial charge in [-0.05, 0) is 48.2 Å². The van der Waals surface area contributed by atoms with Crippen LogP contribution in [0.5, 0.6) is 0 Å². The summed E-state index contributed by atoms with van der Waals surface area (Å²) < 4.78 is 1.51. The van der Waals surface area contributed by atoms with Gasteiger partial charge in [0.05, 0.1) is 0 Å². The molecule has 1 saturated heterocycles. The summed E-state index contributed by atoms with van der Waals surface area (Å²) in [5.41, 5.74) is 3.56. The molecule has 176 valence electrons. The standard InChI is InChI=1S/C25H27N5O4/c1-17(32)24-26-11-13-30(24)29(16-31)12-10-18-2-4-19(5-3-18)20-6-8-22(9-7-20)28-25(34)21-14-23(33)27-15-21/h2-9,11,13,17,21,25,28,31-32,34H,14-16H2,1H3,(H,27,33)/t17-,21?,25?/m0/s1. The van der Waals surface area contributed by atoms with Gasteiger partial charge in [-0.2, -0.15) is 0 Å². The van der Waals surface area contributed by atoms with Gasteiger partial charge >= 0.3 is 0 Å². The van der Waals surface area contributed by atoms with E-state index in [9.17, 15) is 20.1 Å². The maximum Gasteiger partial charge on any atom is 0.220 e. The van der Waals surface area contributed by atoms with Crippen molar-refractivity contribution < 1.29 is 20.1 Å². The quantitative estimate of drug-likeness (QED) is 0.205. The lowest BCUT2D eigenvalue weighted by Crippen LogP contribution is -2.32. The van der Waals surface area contributed by atoms with E-state index in [1.165, 1.54) is 15.9 Å². The second kappa shape index (κ2) is 10.4. The van der Waals surface area contributed by atoms with Crippen molar-refractivity contribution in [2.75, 3.05) is 23.6 Å². The molecule has 2 heterocycles. The van der Waals surface area contributed by atoms with Crippen molar-refractivity contribution in [2.24, 2.45) is 5.92 Å². The summed E-state index contributed by atoms with van der Waals surface area (Å²) in [6.45, 7) is 1.71. The number of nitrogens with zero attached hydrogens (tertiary/aromatic N) is 3. The van der Waals surface area contributed by atoms with E-state index in [1.54, 1.807) is 13.1 Å². The van der Waals surface area contributed by atoms with Gasteiger partial charge in [-0.3, -0.25) is 4.79 Å². The zero-order valence-corrected chi connectivity index (χ0v) is 18.7. The molecule has 0 spiro atoms. The van der Waals surface area contributed by atoms with E-state index in [0.29, 0.717) is 18.8 Å². The Bertz CT molecular complexity index is 1180. The summed E-state index contributed by atoms with van der Waals surface area (Å²) in [5, 5.41) is 36.9. The first kappa shape index (κ1) is 23.3. The molecule has 3 atom stereocenters. The first-order chi connectivity index (χ1) is 16.4. The topological polar surface area (TPSA) is 123 Å². The third-order valence-corrected chi connectivity index (χ3v) is 5.62. The van der Waals surface area contributed by atoms with Crippen molar-refractivity contribution in [3.05, 3.63) is 72.3 Å². The van der Waals surface area contributed by atoms with Crippen LogP contribution in [0, 0.1) is 17.9 Å². The molecule has 1 fully saturated rings. The van der Waals surface area contributed by atoms with Crippen molar-refractivity contribution >= 4 is 11.6 Å². The minimum Gasteiger partial charge on any atom is -0.385 e. The first-order valence-electron chi connectivity index (χ1n) is 11.0. The predicted octanol–water partition coefficient (Wildman–Crippen LogP) is 1.37. The number of carbonyl (C=O) groups excluding carboxylic acids is 1. The number of nitrogens with one attached hydrogen (secondary N) is 2. The fourth-order valence-electron chi connectivity index (χ4n) is 3.74. The molecule has 1 aliphatic heterocycles. The van der Waals surface area contributed by atoms with E-state index in [2.05, 4.69) is 27.6 Å². The zero-order chi connectivity index (χ0) is 24.1. The van der Waals surface area contributed by atoms with E-state index in [0.717, 1.165) is 22.4 Å². The van der Waals surface area contributed by atoms with Crippen molar-refractivity contribution in [1.29, 1.82) is 0 Å². The number of rotatable bonds is 7. The molecule has 1 aromatic heterocycles. The normalized spacial score (nSPS) is 16.8. The third-order valence-electron chi connectivity index (χ3n) is 5.62. The summed E-state index contributed by atoms with van der Waals surface area (Å²) in [6.07, 6.45) is 1.90. The molecule has 0 aliphatic carbocycles. The third kappa shape index (κ3) is 5.38. The molecule has 34 heavy (non-hydrogen) atoms. The molecule has 9 heteroatoms. The van der Waals surface area contributed by atoms with Crippen LogP contribution in [0.1, 0.15) is 30.8 Å². The lowest BCUT2D eigenvalue weighted by Gasteiger charge is -2.19. The van der Waals surface area contributed by atoms with Gasteiger partial charge in [0.15, 0.2) is 5.82 Å². The van der Waals surface area contributed by atoms with Crippen LogP contribution in [0.4, 0.5) is 5.69 Å². The minimum atomic E-state index is -0.793. The second-order valence-electron chi connectivity index (χ2n) is 8.10. The summed E-state index contributed by atoms with van der Waals surface area (Å²) in [7, 11) is 0. The first-order valence-corrected chi connectivity index (χ1v) is 11.0. The van der Waals surface area contributed by atoms with Crippen molar-refractivity contribution in [1.82, 2.24) is 15.0 Å². The molecule has 5 N–H and O–H groups in total. The van der Waals surface area contributed by atoms with Crippen LogP contribution in [0.25, 0.3) is 11.1 Å². The Morgan fingerprint density at radius 3 is 2.44 bits per heavy atom. The highest BCUT2D eigenvalue weighted by Crippen LogP contribution is 2.23. The van der Waals surface area contributed by atoms with Gasteiger partial charge in [-0.25, -0.2) is 14.7 Å². The molecule has 0 radical (unpaired) electrons. The molecule has 2 unspecified atom stereocenters. The number of hydrogen-bond donors (Lipinski definition) is 5. The number of hydrogen-bond acceptors (Lipinski definition) is 7. The van der Waals surface area contributed by atoms with Gasteiger partial charge in [-0.1, -0.05) is 24.3 Å². The van der Waals surface area contributed by atoms with Crippen molar-refractivity contribution in [3.8, 4) is 23.1 Å². The second-order valence-corrected chi connectivity index (χ2v) is 8.10. The van der Waals surface area contributed by atoms with Gasteiger partial charge in [-0.15, -0.1) is 0 Å². The van der Waals surface area contributed by atoms with E-state index >= 15 is 0 Å². The SMILES string of the molecule is C[C@H](O)c1nccn1N(C#Cc1ccc(-c2ccc(NC(O)C3CNC(=O)C3)cc2)cc1)CO. The van der Waals surface area contributed by atoms with Crippen molar-refractivity contribution in [2.45, 2.75) is 25.7 Å². The predicted molar refractivity (Wildman–Crippen MR) is 128 cm³/mol. The highest BCUT2D eigenvalue weighted by molar-refractivity contribution is 5.78. The number of amides is 1. The molecular formula is C25H27N5O4. The van der Waals surface area contributed by atoms with Crippen LogP contribution in [-0.2, 0) is 4.79 Å². The fourth-order valence-corrected chi connectivity index (χ4v) is 3.74. The molecule has 0 bridgehead atoms. The van der Waals surface area contributed by atoms with E-state index in [4.69, 9.17) is 0 Å². The van der Waals surface area contributed by atoms with Crippen molar-refractivity contribution in [3.63, 3.8) is 0 Å². The highest BCUT2D eigenvalue weighted by atomic mass is 16.3. The average Bonchev–Trinajstić information content (AvgIpc) is 3.50. The number of aliphatic hydroxyl groups excluding tert-OH is 3. The number of aliphatic hydroxyl groups is 3. The Labute approximate surface area is 197 Å². The highest BCUT2D eigenvalue weighted by Gasteiger charge is 2.27. The fraction of sp³-hybridized carbons (Fsp3) is 0.280. The summed E-state index contributed by atoms with van der Waals surface area (Å²) in [4.78, 5) is 15.4. The maximum absolute atomic E-state index is 11.3. The Morgan fingerprint density at radius 2 is 1.85 bits per heavy atom. The number of carbonyl (C=O) groups is 1. The molecule has 4 rings (SSSR count). The largest absolute Gasteiger partial charge is 0.385 e. The Hall–Kier alpha value is -3.84. The monoisotopic (exact) mass is 461 g/mol. The Balaban J connectivity index is 1.41. The molecule has 9 nitrogen and oxygen atoms in total. The van der Waals surface area contributed by atoms with Crippen LogP contribution < -0.4 is 15.6 Å². The van der Waals surface area contributed by atoms with Gasteiger partial charge in [0.2, 0.25) is 5.91 Å². The van der Waals surface area contributed by atoms with Crippen LogP contribution in [0.2, 0.25) is 0 Å². The number of benzene rings is 2. The molecule has 2 aromatic carbocycles. The smallest absolute Gasteiger partial charge is 0.220 e. The Morgan fingerprint density at radius 1 is 1.18 bits per heavy atom. The van der Waals surface area contributed by atoms with Gasteiger partial charge in [0.1, 0.15) is 19.1 Å². The van der Waals surface area contributed by atoms with E-state index in [-0.39, 0.29) is 18.6 Å². The number of aromatic nitrogens is 2. The van der Waals surface area contributed by atoms with E-state index < -0.39 is 12.3 Å². The maximum atomic E-state index is 11.3. The summed E-state index contributed by atoms with van der Waals surface area (Å²) in [5.74, 6) is 3.21. The van der Waals surface area contributed by atoms with Gasteiger partial charge in [0.25, 0.3) is 0 Å². The average molecular weight is 462 g/mol. The molecular weight excluding hydrogens is 434 g/mol. The van der Waals surface area contributed by atoms with E-state index in [1.807, 2.05) is 48.5 Å². The van der Waals surface area contributed by atoms with Gasteiger partial charge in [0, 0.05) is 48.6 Å². The zero-order valence-electron chi connectivity index (χ0n) is 18.7. The summed E-state index contributed by atoms with van der Waals surface area (Å²) >= 11 is 0. The minimum absolute atomic E-state index is 0.0374. The lowest BCUT2D eigenvalue weighted by atomic mass is 10.0. The van der Waals surface area contributed by atoms with Crippen LogP contribution in [0.3, 0.4) is 0 Å². The molecule has 3 aromatic rings. The van der Waals surface area contributed by atoms with Gasteiger partial charge < -0.3 is 26.0 Å². The summed E-state index contributed by atoms with van der Waals surface area (Å²) in [6, 6.07) is 18.3. The van der Waals surface area contributed by atoms with Crippen LogP contribution >= 0.6 is 0 Å². The molecule has 1 aliphatic rings. The molecule has 1 amide bonds. The lowest BCUT2D eigenvalue weighted by molar-refractivity contribution is -0.119. The number of imidazole rings is 1.